The lowest BCUT2D eigenvalue weighted by atomic mass is 10.1. The van der Waals surface area contributed by atoms with E-state index in [0.717, 1.165) is 12.8 Å². The highest BCUT2D eigenvalue weighted by Crippen LogP contribution is 2.07. The van der Waals surface area contributed by atoms with E-state index in [1.54, 1.807) is 6.08 Å². The van der Waals surface area contributed by atoms with Gasteiger partial charge in [-0.2, -0.15) is 10.5 Å². The maximum atomic E-state index is 8.51. The summed E-state index contributed by atoms with van der Waals surface area (Å²) in [6.45, 7) is 6.15. The predicted molar refractivity (Wildman–Crippen MR) is 61.7 cm³/mol. The summed E-state index contributed by atoms with van der Waals surface area (Å²) in [5.41, 5.74) is 2.64. The van der Waals surface area contributed by atoms with Crippen molar-refractivity contribution in [2.24, 2.45) is 0 Å². The van der Waals surface area contributed by atoms with Gasteiger partial charge in [0.05, 0.1) is 0 Å². The minimum Gasteiger partial charge on any atom is -0.192 e. The van der Waals surface area contributed by atoms with Crippen LogP contribution in [-0.4, -0.2) is 0 Å². The van der Waals surface area contributed by atoms with Crippen LogP contribution < -0.4 is 0 Å². The molecule has 0 rings (SSSR count). The van der Waals surface area contributed by atoms with E-state index >= 15 is 0 Å². The number of nitriles is 2. The molecule has 0 aromatic rings. The summed E-state index contributed by atoms with van der Waals surface area (Å²) in [6.07, 6.45) is 7.55. The Bertz CT molecular complexity index is 350. The van der Waals surface area contributed by atoms with Crippen molar-refractivity contribution >= 4 is 0 Å². The minimum absolute atomic E-state index is 0.150. The standard InChI is InChI=1S/C13H16N2/c1-11(2)5-4-6-12(3)7-8-13(9-14)10-15/h5,7-8H,4,6H2,1-3H3/b12-7-. The second kappa shape index (κ2) is 7.59. The Labute approximate surface area is 91.8 Å². The third-order valence-corrected chi connectivity index (χ3v) is 1.87. The molecule has 0 spiro atoms. The molecular formula is C13H16N2. The van der Waals surface area contributed by atoms with Crippen LogP contribution in [0.1, 0.15) is 33.6 Å². The van der Waals surface area contributed by atoms with E-state index in [2.05, 4.69) is 19.9 Å². The van der Waals surface area contributed by atoms with E-state index in [9.17, 15) is 0 Å². The highest BCUT2D eigenvalue weighted by atomic mass is 14.3. The summed E-state index contributed by atoms with van der Waals surface area (Å²) in [4.78, 5) is 0. The Morgan fingerprint density at radius 2 is 1.67 bits per heavy atom. The zero-order valence-electron chi connectivity index (χ0n) is 9.54. The molecule has 0 unspecified atom stereocenters. The molecule has 15 heavy (non-hydrogen) atoms. The average Bonchev–Trinajstić information content (AvgIpc) is 2.18. The molecule has 0 aliphatic rings. The number of nitrogens with zero attached hydrogens (tertiary/aromatic N) is 2. The van der Waals surface area contributed by atoms with Crippen LogP contribution >= 0.6 is 0 Å². The highest BCUT2D eigenvalue weighted by Gasteiger charge is 1.90. The van der Waals surface area contributed by atoms with Crippen LogP contribution in [0.3, 0.4) is 0 Å². The molecular weight excluding hydrogens is 184 g/mol. The normalized spacial score (nSPS) is 9.80. The Morgan fingerprint density at radius 3 is 2.13 bits per heavy atom. The lowest BCUT2D eigenvalue weighted by Crippen LogP contribution is -1.77. The fraction of sp³-hybridized carbons (Fsp3) is 0.385. The van der Waals surface area contributed by atoms with Gasteiger partial charge in [0, 0.05) is 0 Å². The van der Waals surface area contributed by atoms with Gasteiger partial charge < -0.3 is 0 Å². The fourth-order valence-electron chi connectivity index (χ4n) is 0.997. The first-order valence-electron chi connectivity index (χ1n) is 4.91. The molecule has 0 bridgehead atoms. The fourth-order valence-corrected chi connectivity index (χ4v) is 0.997. The second-order valence-corrected chi connectivity index (χ2v) is 3.64. The van der Waals surface area contributed by atoms with Crippen LogP contribution in [0.25, 0.3) is 0 Å². The molecule has 0 aliphatic heterocycles. The number of hydrogen-bond acceptors (Lipinski definition) is 2. The van der Waals surface area contributed by atoms with E-state index in [4.69, 9.17) is 10.5 Å². The lowest BCUT2D eigenvalue weighted by molar-refractivity contribution is 0.967. The summed E-state index contributed by atoms with van der Waals surface area (Å²) < 4.78 is 0. The Kier molecular flexibility index (Phi) is 6.68. The number of allylic oxidation sites excluding steroid dienone is 6. The second-order valence-electron chi connectivity index (χ2n) is 3.64. The molecule has 0 aromatic heterocycles. The van der Waals surface area contributed by atoms with Crippen molar-refractivity contribution < 1.29 is 0 Å². The monoisotopic (exact) mass is 200 g/mol. The van der Waals surface area contributed by atoms with Crippen LogP contribution in [0.2, 0.25) is 0 Å². The maximum Gasteiger partial charge on any atom is 0.129 e. The van der Waals surface area contributed by atoms with Crippen molar-refractivity contribution in [1.29, 1.82) is 10.5 Å². The third-order valence-electron chi connectivity index (χ3n) is 1.87. The lowest BCUT2D eigenvalue weighted by Gasteiger charge is -1.96. The van der Waals surface area contributed by atoms with E-state index in [0.29, 0.717) is 0 Å². The van der Waals surface area contributed by atoms with Crippen LogP contribution in [0.15, 0.2) is 34.9 Å². The molecule has 0 aliphatic carbocycles. The molecule has 0 heterocycles. The predicted octanol–water partition coefficient (Wildman–Crippen LogP) is 3.65. The van der Waals surface area contributed by atoms with E-state index < -0.39 is 0 Å². The molecule has 0 amide bonds. The maximum absolute atomic E-state index is 8.51. The summed E-state index contributed by atoms with van der Waals surface area (Å²) in [6, 6.07) is 3.65. The van der Waals surface area contributed by atoms with Crippen molar-refractivity contribution in [1.82, 2.24) is 0 Å². The van der Waals surface area contributed by atoms with Gasteiger partial charge in [0.2, 0.25) is 0 Å². The molecule has 0 saturated heterocycles. The van der Waals surface area contributed by atoms with Gasteiger partial charge in [-0.3, -0.25) is 0 Å². The van der Waals surface area contributed by atoms with Gasteiger partial charge in [0.25, 0.3) is 0 Å². The molecule has 2 heteroatoms. The number of rotatable bonds is 4. The Morgan fingerprint density at radius 1 is 1.07 bits per heavy atom. The van der Waals surface area contributed by atoms with Crippen LogP contribution in [0, 0.1) is 22.7 Å². The van der Waals surface area contributed by atoms with Gasteiger partial charge in [0.1, 0.15) is 17.7 Å². The SMILES string of the molecule is CC(C)=CCC/C(C)=C\C=C(C#N)C#N. The van der Waals surface area contributed by atoms with Gasteiger partial charge >= 0.3 is 0 Å². The van der Waals surface area contributed by atoms with Gasteiger partial charge in [-0.05, 0) is 39.7 Å². The quantitative estimate of drug-likeness (QED) is 0.395. The smallest absolute Gasteiger partial charge is 0.129 e. The molecule has 0 saturated carbocycles. The largest absolute Gasteiger partial charge is 0.192 e. The van der Waals surface area contributed by atoms with Crippen molar-refractivity contribution in [3.63, 3.8) is 0 Å². The van der Waals surface area contributed by atoms with Gasteiger partial charge in [-0.25, -0.2) is 0 Å². The van der Waals surface area contributed by atoms with Crippen LogP contribution in [-0.2, 0) is 0 Å². The molecule has 0 N–H and O–H groups in total. The van der Waals surface area contributed by atoms with E-state index in [1.165, 1.54) is 11.1 Å². The van der Waals surface area contributed by atoms with Crippen molar-refractivity contribution in [3.05, 3.63) is 34.9 Å². The van der Waals surface area contributed by atoms with Gasteiger partial charge in [0.15, 0.2) is 0 Å². The zero-order valence-corrected chi connectivity index (χ0v) is 9.54. The van der Waals surface area contributed by atoms with Gasteiger partial charge in [-0.1, -0.05) is 23.3 Å². The summed E-state index contributed by atoms with van der Waals surface area (Å²) in [5, 5.41) is 17.0. The van der Waals surface area contributed by atoms with Crippen molar-refractivity contribution in [2.75, 3.05) is 0 Å². The first kappa shape index (κ1) is 13.2. The Hall–Kier alpha value is -1.80. The van der Waals surface area contributed by atoms with Crippen LogP contribution in [0.4, 0.5) is 0 Å². The zero-order chi connectivity index (χ0) is 11.7. The molecule has 0 fully saturated rings. The first-order valence-corrected chi connectivity index (χ1v) is 4.91. The molecule has 2 nitrogen and oxygen atoms in total. The molecule has 78 valence electrons. The third kappa shape index (κ3) is 7.28. The summed E-state index contributed by atoms with van der Waals surface area (Å²) in [7, 11) is 0. The minimum atomic E-state index is 0.150. The van der Waals surface area contributed by atoms with E-state index in [1.807, 2.05) is 25.1 Å². The first-order chi connectivity index (χ1) is 7.10. The molecule has 0 aromatic carbocycles. The van der Waals surface area contributed by atoms with Crippen molar-refractivity contribution in [3.8, 4) is 12.1 Å². The summed E-state index contributed by atoms with van der Waals surface area (Å²) in [5.74, 6) is 0. The average molecular weight is 200 g/mol. The molecule has 0 radical (unpaired) electrons. The Balaban J connectivity index is 4.24. The summed E-state index contributed by atoms with van der Waals surface area (Å²) >= 11 is 0. The van der Waals surface area contributed by atoms with E-state index in [-0.39, 0.29) is 5.57 Å². The molecule has 0 atom stereocenters. The van der Waals surface area contributed by atoms with Crippen molar-refractivity contribution in [2.45, 2.75) is 33.6 Å². The van der Waals surface area contributed by atoms with Crippen LogP contribution in [0.5, 0.6) is 0 Å². The number of hydrogen-bond donors (Lipinski definition) is 0. The topological polar surface area (TPSA) is 47.6 Å². The highest BCUT2D eigenvalue weighted by molar-refractivity contribution is 5.38. The van der Waals surface area contributed by atoms with Gasteiger partial charge in [-0.15, -0.1) is 0 Å².